The summed E-state index contributed by atoms with van der Waals surface area (Å²) in [5.41, 5.74) is 5.32. The summed E-state index contributed by atoms with van der Waals surface area (Å²) in [6.07, 6.45) is 6.68. The molecular formula is C28H24N2OS. The van der Waals surface area contributed by atoms with Gasteiger partial charge in [-0.1, -0.05) is 91.0 Å². The molecule has 1 aliphatic rings. The molecule has 0 saturated carbocycles. The van der Waals surface area contributed by atoms with Gasteiger partial charge in [-0.15, -0.1) is 11.3 Å². The third kappa shape index (κ3) is 3.90. The average Bonchev–Trinajstić information content (AvgIpc) is 3.44. The molecule has 158 valence electrons. The van der Waals surface area contributed by atoms with Gasteiger partial charge in [-0.05, 0) is 41.2 Å². The van der Waals surface area contributed by atoms with Crippen molar-refractivity contribution in [2.45, 2.75) is 19.3 Å². The molecular weight excluding hydrogens is 412 g/mol. The number of aromatic nitrogens is 1. The Balaban J connectivity index is 1.53. The molecule has 1 aliphatic carbocycles. The smallest absolute Gasteiger partial charge is 0.233 e. The molecule has 1 heterocycles. The topological polar surface area (TPSA) is 42.0 Å². The fraction of sp³-hybridized carbons (Fsp3) is 0.143. The molecule has 4 aromatic rings. The summed E-state index contributed by atoms with van der Waals surface area (Å²) in [5, 5.41) is 5.58. The van der Waals surface area contributed by atoms with Gasteiger partial charge in [0.15, 0.2) is 5.13 Å². The largest absolute Gasteiger partial charge is 0.301 e. The Kier molecular flexibility index (Phi) is 5.46. The summed E-state index contributed by atoms with van der Waals surface area (Å²) in [6.45, 7) is 2.08. The maximum atomic E-state index is 13.5. The number of amides is 1. The number of carbonyl (C=O) groups is 1. The van der Waals surface area contributed by atoms with Crippen LogP contribution in [-0.4, -0.2) is 10.9 Å². The number of hydrogen-bond acceptors (Lipinski definition) is 3. The highest BCUT2D eigenvalue weighted by Gasteiger charge is 2.48. The number of nitrogens with one attached hydrogen (secondary N) is 1. The van der Waals surface area contributed by atoms with Crippen LogP contribution in [0.2, 0.25) is 0 Å². The van der Waals surface area contributed by atoms with Gasteiger partial charge in [-0.2, -0.15) is 0 Å². The summed E-state index contributed by atoms with van der Waals surface area (Å²) < 4.78 is 0. The molecule has 0 radical (unpaired) electrons. The van der Waals surface area contributed by atoms with Gasteiger partial charge < -0.3 is 5.32 Å². The molecule has 1 amide bonds. The lowest BCUT2D eigenvalue weighted by Crippen LogP contribution is -2.37. The van der Waals surface area contributed by atoms with E-state index < -0.39 is 5.41 Å². The van der Waals surface area contributed by atoms with Gasteiger partial charge in [0.25, 0.3) is 0 Å². The van der Waals surface area contributed by atoms with Gasteiger partial charge in [0, 0.05) is 17.5 Å². The number of hydrogen-bond donors (Lipinski definition) is 1. The van der Waals surface area contributed by atoms with Crippen molar-refractivity contribution < 1.29 is 4.79 Å². The number of carbonyl (C=O) groups excluding carboxylic acids is 1. The minimum Gasteiger partial charge on any atom is -0.301 e. The summed E-state index contributed by atoms with van der Waals surface area (Å²) in [7, 11) is 0. The summed E-state index contributed by atoms with van der Waals surface area (Å²) in [4.78, 5) is 17.8. The summed E-state index contributed by atoms with van der Waals surface area (Å²) in [5.74, 6) is -0.0115. The van der Waals surface area contributed by atoms with Crippen LogP contribution in [0.25, 0.3) is 12.2 Å². The Bertz CT molecular complexity index is 1250. The van der Waals surface area contributed by atoms with E-state index in [1.807, 2.05) is 41.8 Å². The molecule has 0 fully saturated rings. The van der Waals surface area contributed by atoms with Gasteiger partial charge in [-0.25, -0.2) is 4.98 Å². The Morgan fingerprint density at radius 1 is 1.00 bits per heavy atom. The van der Waals surface area contributed by atoms with Crippen LogP contribution in [-0.2, 0) is 11.2 Å². The third-order valence-corrected chi connectivity index (χ3v) is 6.94. The number of benzene rings is 3. The van der Waals surface area contributed by atoms with E-state index in [2.05, 4.69) is 71.8 Å². The van der Waals surface area contributed by atoms with Crippen molar-refractivity contribution in [2.75, 3.05) is 5.32 Å². The number of nitrogens with zero attached hydrogens (tertiary/aromatic N) is 1. The zero-order valence-corrected chi connectivity index (χ0v) is 18.7. The highest BCUT2D eigenvalue weighted by molar-refractivity contribution is 7.13. The van der Waals surface area contributed by atoms with Crippen LogP contribution in [0.3, 0.4) is 0 Å². The van der Waals surface area contributed by atoms with Crippen molar-refractivity contribution in [1.29, 1.82) is 0 Å². The monoisotopic (exact) mass is 436 g/mol. The van der Waals surface area contributed by atoms with Gasteiger partial charge in [-0.3, -0.25) is 4.79 Å². The third-order valence-electron chi connectivity index (χ3n) is 6.25. The average molecular weight is 437 g/mol. The Morgan fingerprint density at radius 2 is 1.72 bits per heavy atom. The summed E-state index contributed by atoms with van der Waals surface area (Å²) >= 11 is 1.44. The zero-order chi connectivity index (χ0) is 22.0. The standard InChI is InChI=1S/C28H24N2OS/c1-28(26(31)30-27-29-16-17-32-27)19-23-15-14-21(13-12-20-8-4-2-5-9-20)18-24(23)25(28)22-10-6-3-7-11-22/h2-18,25H,19H2,1H3,(H,29,30,31)/t25-,28+/m1/s1. The second-order valence-electron chi connectivity index (χ2n) is 8.43. The highest BCUT2D eigenvalue weighted by atomic mass is 32.1. The molecule has 4 heteroatoms. The van der Waals surface area contributed by atoms with Crippen LogP contribution < -0.4 is 5.32 Å². The van der Waals surface area contributed by atoms with E-state index in [0.29, 0.717) is 11.6 Å². The molecule has 3 nitrogen and oxygen atoms in total. The zero-order valence-electron chi connectivity index (χ0n) is 17.9. The van der Waals surface area contributed by atoms with Crippen molar-refractivity contribution in [2.24, 2.45) is 5.41 Å². The molecule has 32 heavy (non-hydrogen) atoms. The van der Waals surface area contributed by atoms with E-state index in [1.54, 1.807) is 6.20 Å². The number of thiazole rings is 1. The van der Waals surface area contributed by atoms with Crippen LogP contribution in [0.5, 0.6) is 0 Å². The van der Waals surface area contributed by atoms with Crippen LogP contribution in [0, 0.1) is 5.41 Å². The first kappa shape index (κ1) is 20.4. The second kappa shape index (κ2) is 8.56. The fourth-order valence-electron chi connectivity index (χ4n) is 4.67. The SMILES string of the molecule is C[C@]1(C(=O)Nc2nccs2)Cc2ccc(C=Cc3ccccc3)cc2[C@H]1c1ccccc1. The van der Waals surface area contributed by atoms with Crippen molar-refractivity contribution in [1.82, 2.24) is 4.98 Å². The molecule has 2 atom stereocenters. The van der Waals surface area contributed by atoms with Crippen molar-refractivity contribution >= 4 is 34.5 Å². The molecule has 0 aliphatic heterocycles. The normalized spacial score (nSPS) is 19.7. The van der Waals surface area contributed by atoms with Gasteiger partial charge in [0.1, 0.15) is 0 Å². The summed E-state index contributed by atoms with van der Waals surface area (Å²) in [6, 6.07) is 27.2. The number of fused-ring (bicyclic) bond motifs is 1. The predicted molar refractivity (Wildman–Crippen MR) is 133 cm³/mol. The predicted octanol–water partition coefficient (Wildman–Crippen LogP) is 6.65. The first-order valence-electron chi connectivity index (χ1n) is 10.8. The molecule has 3 aromatic carbocycles. The molecule has 0 bridgehead atoms. The Morgan fingerprint density at radius 3 is 2.44 bits per heavy atom. The molecule has 0 unspecified atom stereocenters. The fourth-order valence-corrected chi connectivity index (χ4v) is 5.20. The van der Waals surface area contributed by atoms with Crippen molar-refractivity contribution in [3.05, 3.63) is 118 Å². The molecule has 1 aromatic heterocycles. The minimum atomic E-state index is -0.600. The maximum absolute atomic E-state index is 13.5. The molecule has 5 rings (SSSR count). The molecule has 0 spiro atoms. The van der Waals surface area contributed by atoms with Crippen LogP contribution in [0.1, 0.15) is 40.7 Å². The lowest BCUT2D eigenvalue weighted by Gasteiger charge is -2.31. The Hall–Kier alpha value is -3.50. The van der Waals surface area contributed by atoms with Crippen LogP contribution in [0.15, 0.2) is 90.4 Å². The first-order chi connectivity index (χ1) is 15.6. The lowest BCUT2D eigenvalue weighted by atomic mass is 9.73. The maximum Gasteiger partial charge on any atom is 0.233 e. The van der Waals surface area contributed by atoms with E-state index in [-0.39, 0.29) is 11.8 Å². The van der Waals surface area contributed by atoms with Crippen molar-refractivity contribution in [3.63, 3.8) is 0 Å². The van der Waals surface area contributed by atoms with E-state index in [0.717, 1.165) is 11.1 Å². The van der Waals surface area contributed by atoms with Crippen LogP contribution >= 0.6 is 11.3 Å². The van der Waals surface area contributed by atoms with E-state index in [9.17, 15) is 4.79 Å². The minimum absolute atomic E-state index is 0.0129. The van der Waals surface area contributed by atoms with Crippen molar-refractivity contribution in [3.8, 4) is 0 Å². The quantitative estimate of drug-likeness (QED) is 0.356. The second-order valence-corrected chi connectivity index (χ2v) is 9.33. The number of rotatable bonds is 5. The number of anilines is 1. The van der Waals surface area contributed by atoms with E-state index in [1.165, 1.54) is 28.0 Å². The first-order valence-corrected chi connectivity index (χ1v) is 11.6. The molecule has 0 saturated heterocycles. The van der Waals surface area contributed by atoms with Gasteiger partial charge in [0.05, 0.1) is 5.41 Å². The highest BCUT2D eigenvalue weighted by Crippen LogP contribution is 2.51. The van der Waals surface area contributed by atoms with E-state index >= 15 is 0 Å². The van der Waals surface area contributed by atoms with Crippen LogP contribution in [0.4, 0.5) is 5.13 Å². The Labute approximate surface area is 192 Å². The van der Waals surface area contributed by atoms with E-state index in [4.69, 9.17) is 0 Å². The molecule has 1 N–H and O–H groups in total. The van der Waals surface area contributed by atoms with Gasteiger partial charge in [0.2, 0.25) is 5.91 Å². The van der Waals surface area contributed by atoms with Gasteiger partial charge >= 0.3 is 0 Å². The lowest BCUT2D eigenvalue weighted by molar-refractivity contribution is -0.125.